The number of ether oxygens (including phenoxy) is 1. The molecule has 0 spiro atoms. The van der Waals surface area contributed by atoms with Crippen molar-refractivity contribution in [3.63, 3.8) is 0 Å². The van der Waals surface area contributed by atoms with Crippen LogP contribution in [0, 0.1) is 5.92 Å². The number of halogens is 3. The molecule has 6 nitrogen and oxygen atoms in total. The van der Waals surface area contributed by atoms with Crippen LogP contribution in [0.3, 0.4) is 0 Å². The lowest BCUT2D eigenvalue weighted by Crippen LogP contribution is -2.35. The van der Waals surface area contributed by atoms with Crippen LogP contribution in [-0.2, 0) is 6.42 Å². The summed E-state index contributed by atoms with van der Waals surface area (Å²) in [6, 6.07) is 18.7. The Kier molecular flexibility index (Phi) is 6.76. The molecule has 1 aliphatic rings. The molecule has 1 aliphatic heterocycles. The number of carbonyl (C=O) groups excluding carboxylic acids is 1. The van der Waals surface area contributed by atoms with Gasteiger partial charge in [-0.3, -0.25) is 4.79 Å². The number of piperidine rings is 1. The Bertz CT molecular complexity index is 1050. The predicted molar refractivity (Wildman–Crippen MR) is 118 cm³/mol. The van der Waals surface area contributed by atoms with Crippen molar-refractivity contribution in [2.24, 2.45) is 5.92 Å². The molecule has 0 unspecified atom stereocenters. The third kappa shape index (κ3) is 6.44. The van der Waals surface area contributed by atoms with Crippen LogP contribution in [0.1, 0.15) is 28.9 Å². The molecule has 0 bridgehead atoms. The third-order valence-electron chi connectivity index (χ3n) is 5.53. The number of amides is 1. The molecule has 0 aliphatic carbocycles. The number of hydrogen-bond donors (Lipinski definition) is 1. The van der Waals surface area contributed by atoms with Gasteiger partial charge in [-0.05, 0) is 67.1 Å². The van der Waals surface area contributed by atoms with E-state index in [4.69, 9.17) is 0 Å². The fourth-order valence-corrected chi connectivity index (χ4v) is 3.86. The molecule has 0 saturated carbocycles. The van der Waals surface area contributed by atoms with Crippen LogP contribution in [-0.4, -0.2) is 35.6 Å². The zero-order valence-corrected chi connectivity index (χ0v) is 17.8. The number of alkyl halides is 3. The smallest absolute Gasteiger partial charge is 0.406 e. The quantitative estimate of drug-likeness (QED) is 0.560. The maximum absolute atomic E-state index is 12.4. The molecule has 4 rings (SSSR count). The first-order chi connectivity index (χ1) is 15.9. The maximum atomic E-state index is 12.4. The number of hydrogen-bond acceptors (Lipinski definition) is 5. The maximum Gasteiger partial charge on any atom is 0.573 e. The van der Waals surface area contributed by atoms with Crippen molar-refractivity contribution in [3.05, 3.63) is 78.0 Å². The highest BCUT2D eigenvalue weighted by Gasteiger charge is 2.31. The lowest BCUT2D eigenvalue weighted by atomic mass is 9.90. The fraction of sp³-hybridized carbons (Fsp3) is 0.292. The van der Waals surface area contributed by atoms with E-state index in [1.54, 1.807) is 12.1 Å². The molecule has 1 aromatic heterocycles. The molecule has 2 aromatic carbocycles. The van der Waals surface area contributed by atoms with E-state index >= 15 is 0 Å². The third-order valence-corrected chi connectivity index (χ3v) is 5.53. The first-order valence-corrected chi connectivity index (χ1v) is 10.7. The molecule has 3 aromatic rings. The van der Waals surface area contributed by atoms with Crippen molar-refractivity contribution in [1.29, 1.82) is 0 Å². The molecule has 9 heteroatoms. The van der Waals surface area contributed by atoms with E-state index in [1.807, 2.05) is 6.07 Å². The summed E-state index contributed by atoms with van der Waals surface area (Å²) >= 11 is 0. The molecule has 2 heterocycles. The zero-order valence-electron chi connectivity index (χ0n) is 17.8. The largest absolute Gasteiger partial charge is 0.573 e. The Morgan fingerprint density at radius 1 is 0.970 bits per heavy atom. The second-order valence-corrected chi connectivity index (χ2v) is 7.92. The van der Waals surface area contributed by atoms with E-state index in [2.05, 4.69) is 49.4 Å². The molecule has 1 fully saturated rings. The number of rotatable bonds is 6. The number of nitrogens with one attached hydrogen (secondary N) is 1. The molecular weight excluding hydrogens is 433 g/mol. The highest BCUT2D eigenvalue weighted by molar-refractivity contribution is 6.02. The highest BCUT2D eigenvalue weighted by Crippen LogP contribution is 2.25. The van der Waals surface area contributed by atoms with Crippen LogP contribution in [0.4, 0.5) is 24.7 Å². The van der Waals surface area contributed by atoms with Crippen molar-refractivity contribution in [2.45, 2.75) is 25.6 Å². The first kappa shape index (κ1) is 22.6. The average molecular weight is 456 g/mol. The molecule has 0 radical (unpaired) electrons. The van der Waals surface area contributed by atoms with Crippen LogP contribution in [0.5, 0.6) is 5.75 Å². The van der Waals surface area contributed by atoms with Crippen molar-refractivity contribution in [3.8, 4) is 5.75 Å². The molecule has 1 saturated heterocycles. The van der Waals surface area contributed by atoms with Crippen LogP contribution in [0.15, 0.2) is 66.7 Å². The number of anilines is 2. The highest BCUT2D eigenvalue weighted by atomic mass is 19.4. The summed E-state index contributed by atoms with van der Waals surface area (Å²) in [5.74, 6) is 0.491. The summed E-state index contributed by atoms with van der Waals surface area (Å²) in [6.45, 7) is 1.76. The summed E-state index contributed by atoms with van der Waals surface area (Å²) in [6.07, 6.45) is -1.57. The molecular formula is C24H23F3N4O2. The van der Waals surface area contributed by atoms with Gasteiger partial charge in [0, 0.05) is 18.8 Å². The first-order valence-electron chi connectivity index (χ1n) is 10.7. The van der Waals surface area contributed by atoms with Gasteiger partial charge in [0.25, 0.3) is 5.91 Å². The fourth-order valence-electron chi connectivity index (χ4n) is 3.86. The van der Waals surface area contributed by atoms with Gasteiger partial charge >= 0.3 is 6.36 Å². The van der Waals surface area contributed by atoms with E-state index in [0.717, 1.165) is 50.3 Å². The monoisotopic (exact) mass is 456 g/mol. The number of aromatic nitrogens is 2. The summed E-state index contributed by atoms with van der Waals surface area (Å²) < 4.78 is 40.5. The minimum absolute atomic E-state index is 0.119. The summed E-state index contributed by atoms with van der Waals surface area (Å²) in [5.41, 5.74) is 1.79. The molecule has 1 amide bonds. The Morgan fingerprint density at radius 2 is 1.67 bits per heavy atom. The van der Waals surface area contributed by atoms with Crippen molar-refractivity contribution in [2.75, 3.05) is 23.3 Å². The van der Waals surface area contributed by atoms with Gasteiger partial charge in [0.2, 0.25) is 0 Å². The Hall–Kier alpha value is -3.62. The molecule has 1 N–H and O–H groups in total. The summed E-state index contributed by atoms with van der Waals surface area (Å²) in [5, 5.41) is 10.8. The molecule has 172 valence electrons. The van der Waals surface area contributed by atoms with Crippen molar-refractivity contribution >= 4 is 17.4 Å². The van der Waals surface area contributed by atoms with E-state index in [9.17, 15) is 18.0 Å². The number of benzene rings is 2. The van der Waals surface area contributed by atoms with Gasteiger partial charge in [-0.25, -0.2) is 0 Å². The Morgan fingerprint density at radius 3 is 2.27 bits per heavy atom. The average Bonchev–Trinajstić information content (AvgIpc) is 2.81. The van der Waals surface area contributed by atoms with Crippen LogP contribution in [0.2, 0.25) is 0 Å². The van der Waals surface area contributed by atoms with Gasteiger partial charge in [-0.1, -0.05) is 30.3 Å². The second kappa shape index (κ2) is 9.89. The van der Waals surface area contributed by atoms with Crippen LogP contribution >= 0.6 is 0 Å². The number of nitrogens with zero attached hydrogens (tertiary/aromatic N) is 3. The van der Waals surface area contributed by atoms with Crippen LogP contribution < -0.4 is 15.0 Å². The lowest BCUT2D eigenvalue weighted by Gasteiger charge is -2.32. The van der Waals surface area contributed by atoms with Crippen LogP contribution in [0.25, 0.3) is 0 Å². The van der Waals surface area contributed by atoms with Gasteiger partial charge < -0.3 is 15.0 Å². The predicted octanol–water partition coefficient (Wildman–Crippen LogP) is 5.09. The van der Waals surface area contributed by atoms with Gasteiger partial charge in [-0.2, -0.15) is 0 Å². The van der Waals surface area contributed by atoms with Gasteiger partial charge in [-0.15, -0.1) is 23.4 Å². The Balaban J connectivity index is 1.29. The lowest BCUT2D eigenvalue weighted by molar-refractivity contribution is -0.274. The Labute approximate surface area is 189 Å². The standard InChI is InChI=1S/C24H23F3N4O2/c25-24(26,27)33-20-8-6-19(7-9-20)28-23(32)21-10-11-22(30-29-21)31-14-12-18(13-15-31)16-17-4-2-1-3-5-17/h1-11,18H,12-16H2,(H,28,32). The topological polar surface area (TPSA) is 67.3 Å². The minimum atomic E-state index is -4.76. The minimum Gasteiger partial charge on any atom is -0.406 e. The number of carbonyl (C=O) groups is 1. The SMILES string of the molecule is O=C(Nc1ccc(OC(F)(F)F)cc1)c1ccc(N2CCC(Cc3ccccc3)CC2)nn1. The second-order valence-electron chi connectivity index (χ2n) is 7.92. The zero-order chi connectivity index (χ0) is 23.3. The van der Waals surface area contributed by atoms with Crippen molar-refractivity contribution in [1.82, 2.24) is 10.2 Å². The van der Waals surface area contributed by atoms with E-state index in [0.29, 0.717) is 11.6 Å². The normalized spacial score (nSPS) is 14.7. The molecule has 0 atom stereocenters. The van der Waals surface area contributed by atoms with Gasteiger partial charge in [0.05, 0.1) is 0 Å². The van der Waals surface area contributed by atoms with Crippen molar-refractivity contribution < 1.29 is 22.7 Å². The van der Waals surface area contributed by atoms with E-state index < -0.39 is 12.3 Å². The molecule has 33 heavy (non-hydrogen) atoms. The summed E-state index contributed by atoms with van der Waals surface area (Å²) in [4.78, 5) is 14.6. The van der Waals surface area contributed by atoms with Gasteiger partial charge in [0.15, 0.2) is 11.5 Å². The van der Waals surface area contributed by atoms with E-state index in [1.165, 1.54) is 17.7 Å². The summed E-state index contributed by atoms with van der Waals surface area (Å²) in [7, 11) is 0. The van der Waals surface area contributed by atoms with Gasteiger partial charge in [0.1, 0.15) is 5.75 Å². The van der Waals surface area contributed by atoms with E-state index in [-0.39, 0.29) is 11.4 Å².